The van der Waals surface area contributed by atoms with Crippen LogP contribution in [0.25, 0.3) is 10.9 Å². The molecule has 0 saturated heterocycles. The van der Waals surface area contributed by atoms with E-state index < -0.39 is 17.5 Å². The number of rotatable bonds is 5. The zero-order valence-electron chi connectivity index (χ0n) is 18.1. The molecule has 162 valence electrons. The number of aliphatic hydroxyl groups is 1. The zero-order chi connectivity index (χ0) is 22.9. The molecule has 3 aromatic carbocycles. The predicted molar refractivity (Wildman–Crippen MR) is 124 cm³/mol. The fourth-order valence-electron chi connectivity index (χ4n) is 4.01. The number of anilines is 1. The van der Waals surface area contributed by atoms with Crippen molar-refractivity contribution in [1.82, 2.24) is 4.57 Å². The molecule has 0 aliphatic heterocycles. The normalized spacial score (nSPS) is 11.4. The van der Waals surface area contributed by atoms with Gasteiger partial charge in [-0.05, 0) is 30.2 Å². The lowest BCUT2D eigenvalue weighted by Crippen LogP contribution is -2.41. The smallest absolute Gasteiger partial charge is 0.356 e. The van der Waals surface area contributed by atoms with Crippen molar-refractivity contribution < 1.29 is 19.4 Å². The molecule has 6 nitrogen and oxygen atoms in total. The first-order valence-corrected chi connectivity index (χ1v) is 10.2. The molecular formula is C26H24N2O4. The van der Waals surface area contributed by atoms with Gasteiger partial charge >= 0.3 is 5.97 Å². The number of aromatic nitrogens is 1. The van der Waals surface area contributed by atoms with Crippen LogP contribution in [-0.4, -0.2) is 28.7 Å². The Morgan fingerprint density at radius 2 is 1.50 bits per heavy atom. The maximum Gasteiger partial charge on any atom is 0.356 e. The number of carbonyl (C=O) groups is 2. The van der Waals surface area contributed by atoms with Gasteiger partial charge in [0, 0.05) is 12.4 Å². The molecule has 0 saturated carbocycles. The van der Waals surface area contributed by atoms with E-state index in [1.54, 1.807) is 60.1 Å². The zero-order valence-corrected chi connectivity index (χ0v) is 18.1. The molecule has 4 rings (SSSR count). The summed E-state index contributed by atoms with van der Waals surface area (Å²) < 4.78 is 6.66. The van der Waals surface area contributed by atoms with Gasteiger partial charge in [0.1, 0.15) is 0 Å². The molecule has 1 aromatic heterocycles. The first-order chi connectivity index (χ1) is 15.4. The van der Waals surface area contributed by atoms with E-state index in [-0.39, 0.29) is 5.69 Å². The van der Waals surface area contributed by atoms with Gasteiger partial charge in [0.25, 0.3) is 5.91 Å². The number of hydrogen-bond acceptors (Lipinski definition) is 4. The van der Waals surface area contributed by atoms with Crippen LogP contribution in [0, 0.1) is 6.92 Å². The van der Waals surface area contributed by atoms with Gasteiger partial charge in [-0.25, -0.2) is 4.79 Å². The standard InChI is InChI=1S/C26H24N2O4/c1-17-14-15-21-20(16-17)22(23(28(21)2)24(29)32-3)27-25(30)26(31,18-10-6-4-7-11-18)19-12-8-5-9-13-19/h4-16,31H,1-3H3,(H,27,30). The summed E-state index contributed by atoms with van der Waals surface area (Å²) in [5.41, 5.74) is 1.09. The van der Waals surface area contributed by atoms with Gasteiger partial charge in [-0.3, -0.25) is 4.79 Å². The van der Waals surface area contributed by atoms with Crippen molar-refractivity contribution in [3.05, 3.63) is 101 Å². The van der Waals surface area contributed by atoms with E-state index in [0.29, 0.717) is 22.2 Å². The Balaban J connectivity index is 1.90. The first kappa shape index (κ1) is 21.3. The van der Waals surface area contributed by atoms with Crippen LogP contribution >= 0.6 is 0 Å². The second kappa shape index (κ2) is 8.32. The van der Waals surface area contributed by atoms with Crippen LogP contribution in [0.4, 0.5) is 5.69 Å². The lowest BCUT2D eigenvalue weighted by molar-refractivity contribution is -0.131. The highest BCUT2D eigenvalue weighted by molar-refractivity contribution is 6.13. The number of esters is 1. The minimum absolute atomic E-state index is 0.199. The molecule has 0 radical (unpaired) electrons. The second-order valence-corrected chi connectivity index (χ2v) is 7.69. The fourth-order valence-corrected chi connectivity index (χ4v) is 4.01. The summed E-state index contributed by atoms with van der Waals surface area (Å²) in [4.78, 5) is 26.3. The molecule has 0 spiro atoms. The summed E-state index contributed by atoms with van der Waals surface area (Å²) in [6.07, 6.45) is 0. The third-order valence-electron chi connectivity index (χ3n) is 5.68. The molecule has 0 atom stereocenters. The molecule has 0 unspecified atom stereocenters. The molecule has 0 aliphatic carbocycles. The van der Waals surface area contributed by atoms with Crippen molar-refractivity contribution >= 4 is 28.5 Å². The quantitative estimate of drug-likeness (QED) is 0.468. The number of hydrogen-bond donors (Lipinski definition) is 2. The highest BCUT2D eigenvalue weighted by atomic mass is 16.5. The maximum absolute atomic E-state index is 13.7. The number of ether oxygens (including phenoxy) is 1. The van der Waals surface area contributed by atoms with E-state index in [1.807, 2.05) is 37.3 Å². The Labute approximate surface area is 186 Å². The number of fused-ring (bicyclic) bond motifs is 1. The Hall–Kier alpha value is -3.90. The number of methoxy groups -OCH3 is 1. The summed E-state index contributed by atoms with van der Waals surface area (Å²) in [6.45, 7) is 1.93. The van der Waals surface area contributed by atoms with Crippen molar-refractivity contribution in [3.8, 4) is 0 Å². The van der Waals surface area contributed by atoms with Gasteiger partial charge in [-0.15, -0.1) is 0 Å². The Morgan fingerprint density at radius 3 is 2.03 bits per heavy atom. The molecule has 1 amide bonds. The van der Waals surface area contributed by atoms with Gasteiger partial charge in [0.05, 0.1) is 18.3 Å². The number of nitrogens with one attached hydrogen (secondary N) is 1. The highest BCUT2D eigenvalue weighted by Crippen LogP contribution is 2.35. The van der Waals surface area contributed by atoms with Gasteiger partial charge in [-0.1, -0.05) is 72.3 Å². The monoisotopic (exact) mass is 428 g/mol. The van der Waals surface area contributed by atoms with Gasteiger partial charge in [0.2, 0.25) is 0 Å². The average Bonchev–Trinajstić information content (AvgIpc) is 3.09. The molecule has 32 heavy (non-hydrogen) atoms. The summed E-state index contributed by atoms with van der Waals surface area (Å²) >= 11 is 0. The summed E-state index contributed by atoms with van der Waals surface area (Å²) in [6, 6.07) is 23.2. The number of carbonyl (C=O) groups excluding carboxylic acids is 2. The van der Waals surface area contributed by atoms with Crippen LogP contribution in [0.3, 0.4) is 0 Å². The molecule has 0 fully saturated rings. The third kappa shape index (κ3) is 3.44. The predicted octanol–water partition coefficient (Wildman–Crippen LogP) is 4.15. The number of amides is 1. The van der Waals surface area contributed by atoms with Crippen LogP contribution in [-0.2, 0) is 22.2 Å². The van der Waals surface area contributed by atoms with E-state index in [9.17, 15) is 14.7 Å². The minimum atomic E-state index is -1.97. The summed E-state index contributed by atoms with van der Waals surface area (Å²) in [5.74, 6) is -1.26. The van der Waals surface area contributed by atoms with Crippen LogP contribution in [0.1, 0.15) is 27.2 Å². The Kier molecular flexibility index (Phi) is 5.55. The van der Waals surface area contributed by atoms with Crippen LogP contribution in [0.5, 0.6) is 0 Å². The first-order valence-electron chi connectivity index (χ1n) is 10.2. The van der Waals surface area contributed by atoms with E-state index in [1.165, 1.54) is 7.11 Å². The van der Waals surface area contributed by atoms with Crippen LogP contribution < -0.4 is 5.32 Å². The Morgan fingerprint density at radius 1 is 0.938 bits per heavy atom. The minimum Gasteiger partial charge on any atom is -0.464 e. The average molecular weight is 428 g/mol. The SMILES string of the molecule is COC(=O)c1c(NC(=O)C(O)(c2ccccc2)c2ccccc2)c2cc(C)ccc2n1C. The van der Waals surface area contributed by atoms with Crippen molar-refractivity contribution in [1.29, 1.82) is 0 Å². The highest BCUT2D eigenvalue weighted by Gasteiger charge is 2.41. The Bertz CT molecular complexity index is 1250. The topological polar surface area (TPSA) is 80.6 Å². The summed E-state index contributed by atoms with van der Waals surface area (Å²) in [5, 5.41) is 15.3. The van der Waals surface area contributed by atoms with E-state index in [0.717, 1.165) is 11.1 Å². The lowest BCUT2D eigenvalue weighted by Gasteiger charge is -2.28. The van der Waals surface area contributed by atoms with E-state index >= 15 is 0 Å². The van der Waals surface area contributed by atoms with Crippen molar-refractivity contribution in [2.24, 2.45) is 7.05 Å². The lowest BCUT2D eigenvalue weighted by atomic mass is 9.85. The van der Waals surface area contributed by atoms with Crippen molar-refractivity contribution in [3.63, 3.8) is 0 Å². The largest absolute Gasteiger partial charge is 0.464 e. The third-order valence-corrected chi connectivity index (χ3v) is 5.68. The van der Waals surface area contributed by atoms with Gasteiger partial charge in [-0.2, -0.15) is 0 Å². The van der Waals surface area contributed by atoms with Crippen molar-refractivity contribution in [2.45, 2.75) is 12.5 Å². The van der Waals surface area contributed by atoms with Gasteiger partial charge < -0.3 is 19.7 Å². The second-order valence-electron chi connectivity index (χ2n) is 7.69. The molecule has 2 N–H and O–H groups in total. The fraction of sp³-hybridized carbons (Fsp3) is 0.154. The molecule has 6 heteroatoms. The number of nitrogens with zero attached hydrogens (tertiary/aromatic N) is 1. The molecular weight excluding hydrogens is 404 g/mol. The molecule has 0 bridgehead atoms. The maximum atomic E-state index is 13.7. The van der Waals surface area contributed by atoms with Crippen LogP contribution in [0.2, 0.25) is 0 Å². The molecule has 1 heterocycles. The number of aryl methyl sites for hydroxylation is 2. The molecule has 4 aromatic rings. The van der Waals surface area contributed by atoms with E-state index in [4.69, 9.17) is 4.74 Å². The summed E-state index contributed by atoms with van der Waals surface area (Å²) in [7, 11) is 3.03. The molecule has 0 aliphatic rings. The number of benzene rings is 3. The van der Waals surface area contributed by atoms with Crippen LogP contribution in [0.15, 0.2) is 78.9 Å². The van der Waals surface area contributed by atoms with Gasteiger partial charge in [0.15, 0.2) is 11.3 Å². The van der Waals surface area contributed by atoms with E-state index in [2.05, 4.69) is 5.32 Å². The van der Waals surface area contributed by atoms with Crippen molar-refractivity contribution in [2.75, 3.05) is 12.4 Å².